The number of hydrogen-bond donors (Lipinski definition) is 1. The van der Waals surface area contributed by atoms with Gasteiger partial charge in [-0.15, -0.1) is 11.3 Å². The molecule has 1 heterocycles. The molecule has 0 atom stereocenters. The summed E-state index contributed by atoms with van der Waals surface area (Å²) >= 11 is 1.54. The fraction of sp³-hybridized carbons (Fsp3) is 0. The number of thiazole rings is 1. The summed E-state index contributed by atoms with van der Waals surface area (Å²) in [5, 5.41) is 6.95. The van der Waals surface area contributed by atoms with E-state index in [4.69, 9.17) is 0 Å². The Morgan fingerprint density at radius 2 is 1.68 bits per heavy atom. The van der Waals surface area contributed by atoms with Crippen molar-refractivity contribution in [3.63, 3.8) is 0 Å². The second-order valence-electron chi connectivity index (χ2n) is 4.56. The van der Waals surface area contributed by atoms with Gasteiger partial charge in [0.1, 0.15) is 0 Å². The summed E-state index contributed by atoms with van der Waals surface area (Å²) in [7, 11) is 0. The number of allylic oxidation sites excluding steroid dienone is 1. The lowest BCUT2D eigenvalue weighted by Crippen LogP contribution is -1.87. The Morgan fingerprint density at radius 3 is 2.45 bits per heavy atom. The topological polar surface area (TPSA) is 37.3 Å². The molecule has 4 heteroatoms. The predicted molar refractivity (Wildman–Crippen MR) is 95.1 cm³/mol. The van der Waals surface area contributed by atoms with Crippen molar-refractivity contribution in [3.8, 4) is 11.3 Å². The lowest BCUT2D eigenvalue weighted by molar-refractivity contribution is 1.29. The molecule has 0 fully saturated rings. The molecule has 1 N–H and O–H groups in total. The van der Waals surface area contributed by atoms with Gasteiger partial charge in [0.05, 0.1) is 5.69 Å². The van der Waals surface area contributed by atoms with Crippen LogP contribution in [0, 0.1) is 0 Å². The smallest absolute Gasteiger partial charge is 0.203 e. The molecule has 3 rings (SSSR count). The van der Waals surface area contributed by atoms with E-state index in [0.717, 1.165) is 22.0 Å². The molecule has 0 radical (unpaired) electrons. The normalized spacial score (nSPS) is 11.3. The minimum atomic E-state index is 0.781. The van der Waals surface area contributed by atoms with Gasteiger partial charge in [0.25, 0.3) is 0 Å². The van der Waals surface area contributed by atoms with Crippen LogP contribution in [0.25, 0.3) is 17.3 Å². The van der Waals surface area contributed by atoms with E-state index in [2.05, 4.69) is 15.5 Å². The number of aromatic nitrogens is 1. The minimum absolute atomic E-state index is 0.781. The molecule has 108 valence electrons. The summed E-state index contributed by atoms with van der Waals surface area (Å²) in [5.41, 5.74) is 6.17. The Bertz CT molecular complexity index is 761. The van der Waals surface area contributed by atoms with Crippen LogP contribution in [0.2, 0.25) is 0 Å². The molecule has 0 amide bonds. The van der Waals surface area contributed by atoms with Crippen LogP contribution in [0.1, 0.15) is 5.56 Å². The van der Waals surface area contributed by atoms with Crippen molar-refractivity contribution in [3.05, 3.63) is 77.7 Å². The van der Waals surface area contributed by atoms with E-state index in [0.29, 0.717) is 0 Å². The molecule has 1 aromatic heterocycles. The highest BCUT2D eigenvalue weighted by Crippen LogP contribution is 2.24. The molecule has 0 saturated heterocycles. The molecule has 0 aliphatic rings. The number of nitrogens with zero attached hydrogens (tertiary/aromatic N) is 2. The van der Waals surface area contributed by atoms with Gasteiger partial charge in [0.15, 0.2) is 0 Å². The van der Waals surface area contributed by atoms with Crippen LogP contribution in [0.3, 0.4) is 0 Å². The Morgan fingerprint density at radius 1 is 0.955 bits per heavy atom. The van der Waals surface area contributed by atoms with Crippen LogP contribution in [0.5, 0.6) is 0 Å². The molecule has 0 bridgehead atoms. The predicted octanol–water partition coefficient (Wildman–Crippen LogP) is 4.92. The maximum atomic E-state index is 4.51. The van der Waals surface area contributed by atoms with E-state index in [1.807, 2.05) is 78.2 Å². The first-order valence-corrected chi connectivity index (χ1v) is 7.81. The van der Waals surface area contributed by atoms with E-state index in [-0.39, 0.29) is 0 Å². The first-order chi connectivity index (χ1) is 10.9. The lowest BCUT2D eigenvalue weighted by Gasteiger charge is -1.94. The van der Waals surface area contributed by atoms with Crippen LogP contribution in [0.4, 0.5) is 5.13 Å². The van der Waals surface area contributed by atoms with Gasteiger partial charge >= 0.3 is 0 Å². The summed E-state index contributed by atoms with van der Waals surface area (Å²) in [4.78, 5) is 4.51. The Kier molecular flexibility index (Phi) is 4.74. The lowest BCUT2D eigenvalue weighted by atomic mass is 10.2. The minimum Gasteiger partial charge on any atom is -0.253 e. The molecule has 3 nitrogen and oxygen atoms in total. The summed E-state index contributed by atoms with van der Waals surface area (Å²) in [6.07, 6.45) is 5.62. The maximum Gasteiger partial charge on any atom is 0.203 e. The van der Waals surface area contributed by atoms with Gasteiger partial charge in [-0.05, 0) is 11.6 Å². The summed E-state index contributed by atoms with van der Waals surface area (Å²) in [5.74, 6) is 0. The zero-order chi connectivity index (χ0) is 15.0. The largest absolute Gasteiger partial charge is 0.253 e. The number of hydrazone groups is 1. The third-order valence-corrected chi connectivity index (χ3v) is 3.73. The molecule has 0 aliphatic carbocycles. The molecule has 3 aromatic rings. The molecule has 0 aliphatic heterocycles. The molecule has 2 aromatic carbocycles. The van der Waals surface area contributed by atoms with E-state index < -0.39 is 0 Å². The van der Waals surface area contributed by atoms with Gasteiger partial charge in [0, 0.05) is 17.2 Å². The number of nitrogens with one attached hydrogen (secondary N) is 1. The van der Waals surface area contributed by atoms with E-state index in [9.17, 15) is 0 Å². The number of rotatable bonds is 5. The number of anilines is 1. The first kappa shape index (κ1) is 14.2. The van der Waals surface area contributed by atoms with Crippen molar-refractivity contribution in [1.82, 2.24) is 4.98 Å². The summed E-state index contributed by atoms with van der Waals surface area (Å²) < 4.78 is 0. The van der Waals surface area contributed by atoms with E-state index >= 15 is 0 Å². The van der Waals surface area contributed by atoms with Crippen molar-refractivity contribution in [2.45, 2.75) is 0 Å². The molecule has 0 saturated carbocycles. The Hall–Kier alpha value is -2.72. The zero-order valence-corrected chi connectivity index (χ0v) is 12.7. The third kappa shape index (κ3) is 3.90. The highest BCUT2D eigenvalue weighted by atomic mass is 32.1. The monoisotopic (exact) mass is 305 g/mol. The average molecular weight is 305 g/mol. The van der Waals surface area contributed by atoms with Crippen molar-refractivity contribution >= 4 is 28.8 Å². The number of hydrogen-bond acceptors (Lipinski definition) is 4. The molecular weight excluding hydrogens is 290 g/mol. The highest BCUT2D eigenvalue weighted by molar-refractivity contribution is 7.14. The van der Waals surface area contributed by atoms with Crippen LogP contribution in [-0.4, -0.2) is 11.2 Å². The number of benzene rings is 2. The fourth-order valence-electron chi connectivity index (χ4n) is 1.92. The molecular formula is C18H15N3S. The Balaban J connectivity index is 1.57. The fourth-order valence-corrected chi connectivity index (χ4v) is 2.59. The van der Waals surface area contributed by atoms with E-state index in [1.54, 1.807) is 6.21 Å². The van der Waals surface area contributed by atoms with Gasteiger partial charge in [-0.3, -0.25) is 5.43 Å². The summed E-state index contributed by atoms with van der Waals surface area (Å²) in [6, 6.07) is 20.2. The standard InChI is InChI=1S/C18H15N3S/c1-3-8-15(9-4-1)10-7-13-19-21-18-20-17(14-22-18)16-11-5-2-6-12-16/h1-14H,(H,20,21). The Labute approximate surface area is 133 Å². The quantitative estimate of drug-likeness (QED) is 0.536. The van der Waals surface area contributed by atoms with Crippen LogP contribution in [-0.2, 0) is 0 Å². The van der Waals surface area contributed by atoms with Crippen molar-refractivity contribution in [2.75, 3.05) is 5.43 Å². The summed E-state index contributed by atoms with van der Waals surface area (Å²) in [6.45, 7) is 0. The zero-order valence-electron chi connectivity index (χ0n) is 11.9. The van der Waals surface area contributed by atoms with Crippen molar-refractivity contribution in [2.24, 2.45) is 5.10 Å². The van der Waals surface area contributed by atoms with Crippen LogP contribution >= 0.6 is 11.3 Å². The van der Waals surface area contributed by atoms with Gasteiger partial charge in [-0.1, -0.05) is 66.7 Å². The van der Waals surface area contributed by atoms with Crippen LogP contribution in [0.15, 0.2) is 77.2 Å². The van der Waals surface area contributed by atoms with Crippen molar-refractivity contribution in [1.29, 1.82) is 0 Å². The van der Waals surface area contributed by atoms with Gasteiger partial charge < -0.3 is 0 Å². The van der Waals surface area contributed by atoms with Crippen LogP contribution < -0.4 is 5.43 Å². The SMILES string of the molecule is C(=Cc1ccccc1)C=NNc1nc(-c2ccccc2)cs1. The highest BCUT2D eigenvalue weighted by Gasteiger charge is 2.02. The average Bonchev–Trinajstić information content (AvgIpc) is 3.05. The van der Waals surface area contributed by atoms with Gasteiger partial charge in [-0.25, -0.2) is 4.98 Å². The second kappa shape index (κ2) is 7.33. The molecule has 22 heavy (non-hydrogen) atoms. The molecule has 0 spiro atoms. The second-order valence-corrected chi connectivity index (χ2v) is 5.42. The van der Waals surface area contributed by atoms with Gasteiger partial charge in [0.2, 0.25) is 5.13 Å². The first-order valence-electron chi connectivity index (χ1n) is 6.93. The maximum absolute atomic E-state index is 4.51. The van der Waals surface area contributed by atoms with E-state index in [1.165, 1.54) is 11.3 Å². The van der Waals surface area contributed by atoms with Gasteiger partial charge in [-0.2, -0.15) is 5.10 Å². The van der Waals surface area contributed by atoms with Crippen molar-refractivity contribution < 1.29 is 0 Å². The molecule has 0 unspecified atom stereocenters. The third-order valence-electron chi connectivity index (χ3n) is 2.98.